The van der Waals surface area contributed by atoms with E-state index >= 15 is 0 Å². The van der Waals surface area contributed by atoms with Crippen LogP contribution in [0.3, 0.4) is 0 Å². The first-order chi connectivity index (χ1) is 10.8. The summed E-state index contributed by atoms with van der Waals surface area (Å²) in [5, 5.41) is 5.50. The molecular weight excluding hydrogens is 292 g/mol. The van der Waals surface area contributed by atoms with E-state index in [1.54, 1.807) is 0 Å². The van der Waals surface area contributed by atoms with Crippen molar-refractivity contribution in [3.8, 4) is 0 Å². The van der Waals surface area contributed by atoms with E-state index < -0.39 is 0 Å². The maximum absolute atomic E-state index is 12.7. The molecule has 1 atom stereocenters. The third-order valence-corrected chi connectivity index (χ3v) is 5.52. The van der Waals surface area contributed by atoms with E-state index in [0.717, 1.165) is 13.0 Å². The summed E-state index contributed by atoms with van der Waals surface area (Å²) in [5.74, 6) is 0.220. The van der Waals surface area contributed by atoms with Crippen LogP contribution in [0.15, 0.2) is 41.8 Å². The van der Waals surface area contributed by atoms with Crippen LogP contribution in [0.25, 0.3) is 0 Å². The number of carbonyl (C=O) groups is 1. The molecule has 3 nitrogen and oxygen atoms in total. The summed E-state index contributed by atoms with van der Waals surface area (Å²) < 4.78 is 0. The van der Waals surface area contributed by atoms with E-state index in [9.17, 15) is 4.79 Å². The summed E-state index contributed by atoms with van der Waals surface area (Å²) in [6, 6.07) is 13.2. The van der Waals surface area contributed by atoms with Crippen molar-refractivity contribution in [3.05, 3.63) is 57.8 Å². The molecular formula is C18H20N2OS. The first kappa shape index (κ1) is 14.0. The van der Waals surface area contributed by atoms with Crippen LogP contribution in [0.4, 0.5) is 0 Å². The minimum Gasteiger partial charge on any atom is -0.330 e. The Labute approximate surface area is 135 Å². The molecule has 4 rings (SSSR count). The average Bonchev–Trinajstić information content (AvgIpc) is 3.27. The maximum Gasteiger partial charge on any atom is 0.237 e. The Balaban J connectivity index is 1.63. The molecule has 1 N–H and O–H groups in total. The number of fused-ring (bicyclic) bond motifs is 1. The molecule has 1 amide bonds. The number of thiophene rings is 1. The van der Waals surface area contributed by atoms with E-state index in [1.165, 1.54) is 28.8 Å². The highest BCUT2D eigenvalue weighted by Gasteiger charge is 2.33. The summed E-state index contributed by atoms with van der Waals surface area (Å²) in [6.45, 7) is 1.28. The molecule has 0 spiro atoms. The minimum absolute atomic E-state index is 0.0738. The highest BCUT2D eigenvalue weighted by atomic mass is 32.1. The molecule has 1 aromatic heterocycles. The van der Waals surface area contributed by atoms with Gasteiger partial charge in [0, 0.05) is 17.5 Å². The van der Waals surface area contributed by atoms with Gasteiger partial charge in [-0.15, -0.1) is 11.3 Å². The van der Waals surface area contributed by atoms with Crippen LogP contribution in [-0.4, -0.2) is 29.9 Å². The Morgan fingerprint density at radius 1 is 1.23 bits per heavy atom. The molecule has 4 heteroatoms. The van der Waals surface area contributed by atoms with Crippen molar-refractivity contribution in [2.75, 3.05) is 13.1 Å². The number of rotatable bonds is 4. The van der Waals surface area contributed by atoms with Gasteiger partial charge in [0.05, 0.1) is 12.6 Å². The maximum atomic E-state index is 12.7. The van der Waals surface area contributed by atoms with Gasteiger partial charge in [0.15, 0.2) is 0 Å². The van der Waals surface area contributed by atoms with Crippen LogP contribution in [0.2, 0.25) is 0 Å². The molecule has 0 bridgehead atoms. The molecule has 2 heterocycles. The smallest absolute Gasteiger partial charge is 0.237 e. The fourth-order valence-electron chi connectivity index (χ4n) is 3.20. The van der Waals surface area contributed by atoms with Gasteiger partial charge in [-0.3, -0.25) is 4.79 Å². The molecule has 2 aliphatic rings. The number of hydrogen-bond acceptors (Lipinski definition) is 3. The van der Waals surface area contributed by atoms with E-state index in [1.807, 2.05) is 17.4 Å². The highest BCUT2D eigenvalue weighted by molar-refractivity contribution is 7.10. The Bertz CT molecular complexity index is 663. The standard InChI is InChI=1S/C18H20N2OS/c21-17(12-19-14-6-7-14)20-10-8-16-15(9-11-22-16)18(20)13-4-2-1-3-5-13/h1-5,9,11,14,18-19H,6-8,10,12H2. The number of hydrogen-bond donors (Lipinski definition) is 1. The van der Waals surface area contributed by atoms with Crippen molar-refractivity contribution >= 4 is 17.2 Å². The minimum atomic E-state index is 0.0738. The van der Waals surface area contributed by atoms with Gasteiger partial charge in [-0.05, 0) is 41.8 Å². The van der Waals surface area contributed by atoms with Gasteiger partial charge in [-0.2, -0.15) is 0 Å². The third-order valence-electron chi connectivity index (χ3n) is 4.52. The number of carbonyl (C=O) groups excluding carboxylic acids is 1. The van der Waals surface area contributed by atoms with Crippen LogP contribution < -0.4 is 5.32 Å². The lowest BCUT2D eigenvalue weighted by molar-refractivity contribution is -0.132. The van der Waals surface area contributed by atoms with E-state index in [2.05, 4.69) is 45.9 Å². The predicted octanol–water partition coefficient (Wildman–Crippen LogP) is 2.97. The monoisotopic (exact) mass is 312 g/mol. The van der Waals surface area contributed by atoms with E-state index in [-0.39, 0.29) is 11.9 Å². The van der Waals surface area contributed by atoms with Crippen molar-refractivity contribution in [2.45, 2.75) is 31.3 Å². The molecule has 1 aliphatic heterocycles. The van der Waals surface area contributed by atoms with Crippen molar-refractivity contribution in [1.82, 2.24) is 10.2 Å². The second-order valence-electron chi connectivity index (χ2n) is 6.10. The molecule has 22 heavy (non-hydrogen) atoms. The van der Waals surface area contributed by atoms with Crippen molar-refractivity contribution < 1.29 is 4.79 Å². The van der Waals surface area contributed by atoms with Crippen LogP contribution in [0, 0.1) is 0 Å². The summed E-state index contributed by atoms with van der Waals surface area (Å²) in [4.78, 5) is 16.2. The number of benzene rings is 1. The third kappa shape index (κ3) is 2.69. The van der Waals surface area contributed by atoms with Crippen LogP contribution >= 0.6 is 11.3 Å². The van der Waals surface area contributed by atoms with Crippen molar-refractivity contribution in [3.63, 3.8) is 0 Å². The van der Waals surface area contributed by atoms with Crippen LogP contribution in [0.5, 0.6) is 0 Å². The summed E-state index contributed by atoms with van der Waals surface area (Å²) >= 11 is 1.81. The average molecular weight is 312 g/mol. The molecule has 0 radical (unpaired) electrons. The highest BCUT2D eigenvalue weighted by Crippen LogP contribution is 2.37. The molecule has 0 saturated heterocycles. The number of nitrogens with one attached hydrogen (secondary N) is 1. The van der Waals surface area contributed by atoms with Gasteiger partial charge in [0.25, 0.3) is 0 Å². The van der Waals surface area contributed by atoms with Crippen molar-refractivity contribution in [1.29, 1.82) is 0 Å². The molecule has 1 saturated carbocycles. The second kappa shape index (κ2) is 5.86. The van der Waals surface area contributed by atoms with Gasteiger partial charge < -0.3 is 10.2 Å². The van der Waals surface area contributed by atoms with Gasteiger partial charge in [-0.1, -0.05) is 30.3 Å². The topological polar surface area (TPSA) is 32.3 Å². The van der Waals surface area contributed by atoms with Gasteiger partial charge in [-0.25, -0.2) is 0 Å². The lowest BCUT2D eigenvalue weighted by Gasteiger charge is -2.36. The molecule has 1 aliphatic carbocycles. The quantitative estimate of drug-likeness (QED) is 0.941. The zero-order valence-electron chi connectivity index (χ0n) is 12.5. The van der Waals surface area contributed by atoms with Crippen molar-refractivity contribution in [2.24, 2.45) is 0 Å². The normalized spacial score (nSPS) is 20.7. The Morgan fingerprint density at radius 2 is 2.05 bits per heavy atom. The van der Waals surface area contributed by atoms with E-state index in [0.29, 0.717) is 12.6 Å². The Kier molecular flexibility index (Phi) is 3.72. The first-order valence-electron chi connectivity index (χ1n) is 7.97. The second-order valence-corrected chi connectivity index (χ2v) is 7.11. The zero-order chi connectivity index (χ0) is 14.9. The summed E-state index contributed by atoms with van der Waals surface area (Å²) in [6.07, 6.45) is 3.40. The summed E-state index contributed by atoms with van der Waals surface area (Å²) in [7, 11) is 0. The number of nitrogens with zero attached hydrogens (tertiary/aromatic N) is 1. The van der Waals surface area contributed by atoms with Gasteiger partial charge in [0.2, 0.25) is 5.91 Å². The Hall–Kier alpha value is -1.65. The van der Waals surface area contributed by atoms with Gasteiger partial charge in [0.1, 0.15) is 0 Å². The SMILES string of the molecule is O=C(CNC1CC1)N1CCc2sccc2C1c1ccccc1. The molecule has 1 unspecified atom stereocenters. The fraction of sp³-hybridized carbons (Fsp3) is 0.389. The largest absolute Gasteiger partial charge is 0.330 e. The predicted molar refractivity (Wildman–Crippen MR) is 89.0 cm³/mol. The Morgan fingerprint density at radius 3 is 2.82 bits per heavy atom. The molecule has 1 fully saturated rings. The van der Waals surface area contributed by atoms with Crippen LogP contribution in [0.1, 0.15) is 34.9 Å². The lowest BCUT2D eigenvalue weighted by Crippen LogP contribution is -2.44. The molecule has 1 aromatic carbocycles. The fourth-order valence-corrected chi connectivity index (χ4v) is 4.10. The molecule has 2 aromatic rings. The van der Waals surface area contributed by atoms with E-state index in [4.69, 9.17) is 0 Å². The lowest BCUT2D eigenvalue weighted by atomic mass is 9.93. The molecule has 114 valence electrons. The van der Waals surface area contributed by atoms with Crippen LogP contribution in [-0.2, 0) is 11.2 Å². The number of amides is 1. The first-order valence-corrected chi connectivity index (χ1v) is 8.85. The summed E-state index contributed by atoms with van der Waals surface area (Å²) in [5.41, 5.74) is 2.52. The zero-order valence-corrected chi connectivity index (χ0v) is 13.3. The van der Waals surface area contributed by atoms with Gasteiger partial charge >= 0.3 is 0 Å².